The smallest absolute Gasteiger partial charge is 0.303 e. The summed E-state index contributed by atoms with van der Waals surface area (Å²) in [5.74, 6) is -0.0767. The Hall–Kier alpha value is -2.25. The number of likely N-dealkylation sites (tertiary alicyclic amines) is 1. The first-order valence-corrected chi connectivity index (χ1v) is 11.4. The average Bonchev–Trinajstić information content (AvgIpc) is 3.03. The number of hydrogen-bond donors (Lipinski definition) is 0. The van der Waals surface area contributed by atoms with Gasteiger partial charge in [0, 0.05) is 36.6 Å². The molecule has 7 heteroatoms. The van der Waals surface area contributed by atoms with E-state index in [-0.39, 0.29) is 17.7 Å². The second kappa shape index (κ2) is 9.49. The highest BCUT2D eigenvalue weighted by Gasteiger charge is 2.31. The van der Waals surface area contributed by atoms with E-state index in [0.717, 1.165) is 53.6 Å². The lowest BCUT2D eigenvalue weighted by Gasteiger charge is -2.35. The van der Waals surface area contributed by atoms with Crippen molar-refractivity contribution in [1.29, 1.82) is 0 Å². The molecular weight excluding hydrogens is 463 g/mol. The van der Waals surface area contributed by atoms with Crippen molar-refractivity contribution in [3.05, 3.63) is 69.4 Å². The molecule has 0 aliphatic carbocycles. The second-order valence-corrected chi connectivity index (χ2v) is 9.30. The maximum absolute atomic E-state index is 13.3. The van der Waals surface area contributed by atoms with E-state index < -0.39 is 6.10 Å². The fraction of sp³-hybridized carbons (Fsp3) is 0.417. The van der Waals surface area contributed by atoms with Crippen molar-refractivity contribution < 1.29 is 18.7 Å². The van der Waals surface area contributed by atoms with Crippen molar-refractivity contribution >= 4 is 27.8 Å². The van der Waals surface area contributed by atoms with Gasteiger partial charge in [0.1, 0.15) is 11.9 Å². The number of esters is 1. The maximum atomic E-state index is 13.3. The Morgan fingerprint density at radius 3 is 2.58 bits per heavy atom. The molecule has 0 saturated carbocycles. The lowest BCUT2D eigenvalue weighted by atomic mass is 9.95. The number of halogens is 2. The van der Waals surface area contributed by atoms with Crippen molar-refractivity contribution in [2.24, 2.45) is 5.92 Å². The number of fused-ring (bicyclic) bond motifs is 1. The van der Waals surface area contributed by atoms with Gasteiger partial charge < -0.3 is 9.64 Å². The lowest BCUT2D eigenvalue weighted by molar-refractivity contribution is -0.147. The van der Waals surface area contributed by atoms with E-state index in [4.69, 9.17) is 4.74 Å². The molecule has 5 nitrogen and oxygen atoms in total. The zero-order valence-electron chi connectivity index (χ0n) is 17.5. The molecule has 0 bridgehead atoms. The predicted octanol–water partition coefficient (Wildman–Crippen LogP) is 4.56. The highest BCUT2D eigenvalue weighted by molar-refractivity contribution is 9.10. The van der Waals surface area contributed by atoms with Gasteiger partial charge in [0.05, 0.1) is 0 Å². The third-order valence-electron chi connectivity index (χ3n) is 6.11. The van der Waals surface area contributed by atoms with Crippen LogP contribution in [0, 0.1) is 11.7 Å². The first-order chi connectivity index (χ1) is 14.9. The third-order valence-corrected chi connectivity index (χ3v) is 6.60. The summed E-state index contributed by atoms with van der Waals surface area (Å²) in [5, 5.41) is 0. The van der Waals surface area contributed by atoms with Gasteiger partial charge in [-0.15, -0.1) is 0 Å². The van der Waals surface area contributed by atoms with E-state index in [0.29, 0.717) is 19.0 Å². The summed E-state index contributed by atoms with van der Waals surface area (Å²) in [5.41, 5.74) is 2.69. The molecule has 1 fully saturated rings. The fourth-order valence-corrected chi connectivity index (χ4v) is 4.89. The molecule has 1 unspecified atom stereocenters. The molecule has 2 aromatic rings. The van der Waals surface area contributed by atoms with Crippen LogP contribution in [0.4, 0.5) is 4.39 Å². The third kappa shape index (κ3) is 5.33. The predicted molar refractivity (Wildman–Crippen MR) is 119 cm³/mol. The number of carbonyl (C=O) groups excluding carboxylic acids is 2. The van der Waals surface area contributed by atoms with Gasteiger partial charge in [0.15, 0.2) is 0 Å². The Kier molecular flexibility index (Phi) is 6.72. The number of benzene rings is 2. The van der Waals surface area contributed by atoms with Crippen LogP contribution in [0.1, 0.15) is 47.4 Å². The van der Waals surface area contributed by atoms with E-state index in [1.165, 1.54) is 19.1 Å². The Bertz CT molecular complexity index is 958. The number of hydrogen-bond acceptors (Lipinski definition) is 4. The van der Waals surface area contributed by atoms with Crippen LogP contribution in [0.3, 0.4) is 0 Å². The van der Waals surface area contributed by atoms with Crippen LogP contribution in [-0.2, 0) is 16.1 Å². The fourth-order valence-electron chi connectivity index (χ4n) is 4.48. The summed E-state index contributed by atoms with van der Waals surface area (Å²) in [6, 6.07) is 12.0. The molecule has 0 spiro atoms. The zero-order valence-corrected chi connectivity index (χ0v) is 19.1. The van der Waals surface area contributed by atoms with E-state index >= 15 is 0 Å². The summed E-state index contributed by atoms with van der Waals surface area (Å²) in [4.78, 5) is 28.5. The SMILES string of the molecule is CC(=O)OC(CN1CCC(CN2Cc3cc(Br)ccc3C2=O)CC1)c1ccc(F)cc1. The van der Waals surface area contributed by atoms with Crippen LogP contribution >= 0.6 is 15.9 Å². The molecule has 1 saturated heterocycles. The molecule has 0 radical (unpaired) electrons. The van der Waals surface area contributed by atoms with Gasteiger partial charge >= 0.3 is 5.97 Å². The van der Waals surface area contributed by atoms with E-state index in [2.05, 4.69) is 20.8 Å². The van der Waals surface area contributed by atoms with Gasteiger partial charge in [-0.25, -0.2) is 4.39 Å². The number of piperidine rings is 1. The molecule has 164 valence electrons. The number of amides is 1. The largest absolute Gasteiger partial charge is 0.456 e. The topological polar surface area (TPSA) is 49.9 Å². The van der Waals surface area contributed by atoms with Gasteiger partial charge in [-0.05, 0) is 73.3 Å². The van der Waals surface area contributed by atoms with Crippen LogP contribution in [0.5, 0.6) is 0 Å². The van der Waals surface area contributed by atoms with Gasteiger partial charge in [0.2, 0.25) is 0 Å². The Labute approximate surface area is 190 Å². The highest BCUT2D eigenvalue weighted by atomic mass is 79.9. The zero-order chi connectivity index (χ0) is 22.0. The van der Waals surface area contributed by atoms with Crippen molar-refractivity contribution in [3.8, 4) is 0 Å². The van der Waals surface area contributed by atoms with Crippen molar-refractivity contribution in [1.82, 2.24) is 9.80 Å². The second-order valence-electron chi connectivity index (χ2n) is 8.38. The summed E-state index contributed by atoms with van der Waals surface area (Å²) in [6.45, 7) is 5.18. The molecular formula is C24H26BrFN2O3. The molecule has 2 aromatic carbocycles. The van der Waals surface area contributed by atoms with Crippen LogP contribution < -0.4 is 0 Å². The lowest BCUT2D eigenvalue weighted by Crippen LogP contribution is -2.40. The first-order valence-electron chi connectivity index (χ1n) is 10.6. The number of ether oxygens (including phenoxy) is 1. The minimum absolute atomic E-state index is 0.121. The Balaban J connectivity index is 1.31. The van der Waals surface area contributed by atoms with E-state index in [1.807, 2.05) is 23.1 Å². The molecule has 1 atom stereocenters. The van der Waals surface area contributed by atoms with Crippen molar-refractivity contribution in [2.75, 3.05) is 26.2 Å². The van der Waals surface area contributed by atoms with Crippen molar-refractivity contribution in [3.63, 3.8) is 0 Å². The standard InChI is InChI=1S/C24H26BrFN2O3/c1-16(29)31-23(18-2-5-21(26)6-3-18)15-27-10-8-17(9-11-27)13-28-14-19-12-20(25)4-7-22(19)24(28)30/h2-7,12,17,23H,8-11,13-15H2,1H3. The number of carbonyl (C=O) groups is 2. The number of rotatable bonds is 6. The molecule has 2 aliphatic heterocycles. The summed E-state index contributed by atoms with van der Waals surface area (Å²) in [6.07, 6.45) is 1.56. The van der Waals surface area contributed by atoms with Crippen LogP contribution in [0.25, 0.3) is 0 Å². The monoisotopic (exact) mass is 488 g/mol. The summed E-state index contributed by atoms with van der Waals surface area (Å²) < 4.78 is 19.8. The quantitative estimate of drug-likeness (QED) is 0.559. The molecule has 0 aromatic heterocycles. The minimum Gasteiger partial charge on any atom is -0.456 e. The van der Waals surface area contributed by atoms with Crippen molar-refractivity contribution in [2.45, 2.75) is 32.4 Å². The Morgan fingerprint density at radius 1 is 1.19 bits per heavy atom. The molecule has 2 heterocycles. The number of nitrogens with zero attached hydrogens (tertiary/aromatic N) is 2. The molecule has 4 rings (SSSR count). The minimum atomic E-state index is -0.414. The Morgan fingerprint density at radius 2 is 1.90 bits per heavy atom. The van der Waals surface area contributed by atoms with Gasteiger partial charge in [0.25, 0.3) is 5.91 Å². The average molecular weight is 489 g/mol. The van der Waals surface area contributed by atoms with Crippen LogP contribution in [0.2, 0.25) is 0 Å². The van der Waals surface area contributed by atoms with Crippen LogP contribution in [0.15, 0.2) is 46.9 Å². The van der Waals surface area contributed by atoms with E-state index in [1.54, 1.807) is 12.1 Å². The maximum Gasteiger partial charge on any atom is 0.303 e. The molecule has 0 N–H and O–H groups in total. The normalized spacial score (nSPS) is 18.2. The van der Waals surface area contributed by atoms with Crippen LogP contribution in [-0.4, -0.2) is 47.9 Å². The van der Waals surface area contributed by atoms with Gasteiger partial charge in [-0.1, -0.05) is 28.1 Å². The van der Waals surface area contributed by atoms with Gasteiger partial charge in [-0.3, -0.25) is 14.5 Å². The summed E-state index contributed by atoms with van der Waals surface area (Å²) >= 11 is 3.48. The summed E-state index contributed by atoms with van der Waals surface area (Å²) in [7, 11) is 0. The molecule has 31 heavy (non-hydrogen) atoms. The van der Waals surface area contributed by atoms with Gasteiger partial charge in [-0.2, -0.15) is 0 Å². The molecule has 2 aliphatic rings. The molecule has 1 amide bonds. The highest BCUT2D eigenvalue weighted by Crippen LogP contribution is 2.29. The van der Waals surface area contributed by atoms with E-state index in [9.17, 15) is 14.0 Å². The first kappa shape index (κ1) is 22.0.